The number of hydrogen-bond donors (Lipinski definition) is 1. The van der Waals surface area contributed by atoms with E-state index in [0.29, 0.717) is 18.7 Å². The third-order valence-corrected chi connectivity index (χ3v) is 7.59. The standard InChI is InChI=1S/C22H34N2O4S/c1-16(2)29(27,28)15-18-10-12-24(13-11-18)20(25)14-17-6-8-19(9-7-17)21(26)23-22(3,4)5/h6-9,16,18H,10-15H2,1-5H3,(H,23,26). The molecule has 1 heterocycles. The van der Waals surface area contributed by atoms with E-state index in [4.69, 9.17) is 0 Å². The molecular weight excluding hydrogens is 388 g/mol. The molecule has 1 fully saturated rings. The Morgan fingerprint density at radius 1 is 1.10 bits per heavy atom. The van der Waals surface area contributed by atoms with Crippen LogP contribution in [0.25, 0.3) is 0 Å². The minimum absolute atomic E-state index is 0.0436. The maximum absolute atomic E-state index is 12.6. The highest BCUT2D eigenvalue weighted by atomic mass is 32.2. The lowest BCUT2D eigenvalue weighted by Crippen LogP contribution is -2.41. The van der Waals surface area contributed by atoms with E-state index in [2.05, 4.69) is 5.32 Å². The average molecular weight is 423 g/mol. The van der Waals surface area contributed by atoms with Gasteiger partial charge in [0.05, 0.1) is 17.4 Å². The number of sulfone groups is 1. The number of carbonyl (C=O) groups excluding carboxylic acids is 2. The minimum Gasteiger partial charge on any atom is -0.347 e. The van der Waals surface area contributed by atoms with Crippen LogP contribution in [0.1, 0.15) is 63.4 Å². The summed E-state index contributed by atoms with van der Waals surface area (Å²) in [5, 5.41) is 2.57. The summed E-state index contributed by atoms with van der Waals surface area (Å²) in [5.41, 5.74) is 1.14. The number of carbonyl (C=O) groups is 2. The Morgan fingerprint density at radius 2 is 1.66 bits per heavy atom. The van der Waals surface area contributed by atoms with Crippen LogP contribution in [0.15, 0.2) is 24.3 Å². The monoisotopic (exact) mass is 422 g/mol. The summed E-state index contributed by atoms with van der Waals surface area (Å²) in [5.74, 6) is 0.257. The fraction of sp³-hybridized carbons (Fsp3) is 0.636. The normalized spacial score (nSPS) is 16.1. The highest BCUT2D eigenvalue weighted by molar-refractivity contribution is 7.91. The molecule has 0 bridgehead atoms. The van der Waals surface area contributed by atoms with E-state index in [1.165, 1.54) is 0 Å². The first-order valence-corrected chi connectivity index (χ1v) is 12.0. The third-order valence-electron chi connectivity index (χ3n) is 5.21. The molecule has 1 aromatic rings. The van der Waals surface area contributed by atoms with E-state index in [1.54, 1.807) is 26.0 Å². The van der Waals surface area contributed by atoms with Crippen LogP contribution in [-0.2, 0) is 21.1 Å². The molecule has 7 heteroatoms. The fourth-order valence-corrected chi connectivity index (χ4v) is 4.72. The molecule has 2 rings (SSSR count). The lowest BCUT2D eigenvalue weighted by molar-refractivity contribution is -0.131. The van der Waals surface area contributed by atoms with Gasteiger partial charge in [-0.05, 0) is 71.1 Å². The van der Waals surface area contributed by atoms with Crippen LogP contribution in [-0.4, -0.2) is 54.8 Å². The Kier molecular flexibility index (Phi) is 7.49. The van der Waals surface area contributed by atoms with Crippen LogP contribution in [0.4, 0.5) is 0 Å². The van der Waals surface area contributed by atoms with Gasteiger partial charge >= 0.3 is 0 Å². The Morgan fingerprint density at radius 3 is 2.14 bits per heavy atom. The maximum atomic E-state index is 12.6. The van der Waals surface area contributed by atoms with E-state index < -0.39 is 9.84 Å². The van der Waals surface area contributed by atoms with Crippen molar-refractivity contribution in [2.45, 2.75) is 64.7 Å². The topological polar surface area (TPSA) is 83.6 Å². The Labute approximate surface area is 175 Å². The maximum Gasteiger partial charge on any atom is 0.251 e. The third kappa shape index (κ3) is 7.14. The largest absolute Gasteiger partial charge is 0.347 e. The zero-order chi connectivity index (χ0) is 21.8. The quantitative estimate of drug-likeness (QED) is 0.764. The van der Waals surface area contributed by atoms with Crippen molar-refractivity contribution >= 4 is 21.7 Å². The molecule has 1 N–H and O–H groups in total. The molecule has 2 amide bonds. The molecule has 29 heavy (non-hydrogen) atoms. The van der Waals surface area contributed by atoms with Crippen molar-refractivity contribution < 1.29 is 18.0 Å². The summed E-state index contributed by atoms with van der Waals surface area (Å²) < 4.78 is 24.2. The van der Waals surface area contributed by atoms with Gasteiger partial charge in [-0.25, -0.2) is 8.42 Å². The van der Waals surface area contributed by atoms with E-state index in [-0.39, 0.29) is 40.7 Å². The number of nitrogens with one attached hydrogen (secondary N) is 1. The average Bonchev–Trinajstić information content (AvgIpc) is 2.61. The predicted octanol–water partition coefficient (Wildman–Crippen LogP) is 2.82. The SMILES string of the molecule is CC(C)S(=O)(=O)CC1CCN(C(=O)Cc2ccc(C(=O)NC(C)(C)C)cc2)CC1. The highest BCUT2D eigenvalue weighted by Gasteiger charge is 2.28. The molecule has 6 nitrogen and oxygen atoms in total. The summed E-state index contributed by atoms with van der Waals surface area (Å²) in [7, 11) is -3.04. The number of hydrogen-bond acceptors (Lipinski definition) is 4. The van der Waals surface area contributed by atoms with Gasteiger partial charge in [0.2, 0.25) is 5.91 Å². The molecule has 1 aromatic carbocycles. The van der Waals surface area contributed by atoms with Crippen LogP contribution in [0.5, 0.6) is 0 Å². The van der Waals surface area contributed by atoms with Gasteiger partial charge in [0.25, 0.3) is 5.91 Å². The molecule has 0 aliphatic carbocycles. The number of rotatable bonds is 6. The van der Waals surface area contributed by atoms with E-state index >= 15 is 0 Å². The first-order valence-electron chi connectivity index (χ1n) is 10.3. The zero-order valence-corrected chi connectivity index (χ0v) is 19.0. The van der Waals surface area contributed by atoms with Gasteiger partial charge in [0.1, 0.15) is 0 Å². The summed E-state index contributed by atoms with van der Waals surface area (Å²) >= 11 is 0. The van der Waals surface area contributed by atoms with Gasteiger partial charge in [0, 0.05) is 24.2 Å². The molecule has 162 valence electrons. The second-order valence-electron chi connectivity index (χ2n) is 9.28. The van der Waals surface area contributed by atoms with Gasteiger partial charge in [-0.1, -0.05) is 12.1 Å². The molecule has 0 radical (unpaired) electrons. The molecular formula is C22H34N2O4S. The lowest BCUT2D eigenvalue weighted by atomic mass is 9.98. The highest BCUT2D eigenvalue weighted by Crippen LogP contribution is 2.21. The van der Waals surface area contributed by atoms with Gasteiger partial charge in [-0.3, -0.25) is 9.59 Å². The number of piperidine rings is 1. The van der Waals surface area contributed by atoms with Crippen LogP contribution in [0, 0.1) is 5.92 Å². The van der Waals surface area contributed by atoms with E-state index in [9.17, 15) is 18.0 Å². The number of amides is 2. The van der Waals surface area contributed by atoms with Crippen LogP contribution in [0.2, 0.25) is 0 Å². The lowest BCUT2D eigenvalue weighted by Gasteiger charge is -2.32. The van der Waals surface area contributed by atoms with Crippen molar-refractivity contribution in [3.05, 3.63) is 35.4 Å². The van der Waals surface area contributed by atoms with Crippen molar-refractivity contribution in [1.82, 2.24) is 10.2 Å². The molecule has 0 unspecified atom stereocenters. The van der Waals surface area contributed by atoms with Crippen LogP contribution >= 0.6 is 0 Å². The van der Waals surface area contributed by atoms with E-state index in [1.807, 2.05) is 37.8 Å². The second-order valence-corrected chi connectivity index (χ2v) is 11.9. The number of likely N-dealkylation sites (tertiary alicyclic amines) is 1. The fourth-order valence-electron chi connectivity index (χ4n) is 3.34. The van der Waals surface area contributed by atoms with Gasteiger partial charge < -0.3 is 10.2 Å². The van der Waals surface area contributed by atoms with Gasteiger partial charge in [-0.2, -0.15) is 0 Å². The summed E-state index contributed by atoms with van der Waals surface area (Å²) in [4.78, 5) is 26.6. The summed E-state index contributed by atoms with van der Waals surface area (Å²) in [6.07, 6.45) is 1.74. The number of benzene rings is 1. The van der Waals surface area contributed by atoms with Crippen molar-refractivity contribution in [2.75, 3.05) is 18.8 Å². The van der Waals surface area contributed by atoms with Crippen LogP contribution in [0.3, 0.4) is 0 Å². The Hall–Kier alpha value is -1.89. The zero-order valence-electron chi connectivity index (χ0n) is 18.2. The van der Waals surface area contributed by atoms with Crippen molar-refractivity contribution in [2.24, 2.45) is 5.92 Å². The van der Waals surface area contributed by atoms with Crippen molar-refractivity contribution in [3.63, 3.8) is 0 Å². The molecule has 0 saturated carbocycles. The molecule has 0 spiro atoms. The summed E-state index contributed by atoms with van der Waals surface area (Å²) in [6.45, 7) is 10.4. The molecule has 0 aromatic heterocycles. The second kappa shape index (κ2) is 9.28. The van der Waals surface area contributed by atoms with Gasteiger partial charge in [0.15, 0.2) is 9.84 Å². The smallest absolute Gasteiger partial charge is 0.251 e. The summed E-state index contributed by atoms with van der Waals surface area (Å²) in [6, 6.07) is 7.12. The van der Waals surface area contributed by atoms with Crippen LogP contribution < -0.4 is 5.32 Å². The molecule has 1 aliphatic rings. The van der Waals surface area contributed by atoms with E-state index in [0.717, 1.165) is 18.4 Å². The molecule has 1 saturated heterocycles. The first kappa shape index (κ1) is 23.4. The minimum atomic E-state index is -3.04. The Bertz CT molecular complexity index is 815. The number of nitrogens with zero attached hydrogens (tertiary/aromatic N) is 1. The molecule has 0 atom stereocenters. The van der Waals surface area contributed by atoms with Crippen molar-refractivity contribution in [3.8, 4) is 0 Å². The first-order chi connectivity index (χ1) is 13.4. The van der Waals surface area contributed by atoms with Crippen molar-refractivity contribution in [1.29, 1.82) is 0 Å². The van der Waals surface area contributed by atoms with Gasteiger partial charge in [-0.15, -0.1) is 0 Å². The Balaban J connectivity index is 1.86. The predicted molar refractivity (Wildman–Crippen MR) is 116 cm³/mol. The molecule has 1 aliphatic heterocycles.